The molecule has 2 rings (SSSR count). The molecule has 0 bridgehead atoms. The molecule has 1 aromatic carbocycles. The van der Waals surface area contributed by atoms with E-state index >= 15 is 0 Å². The average Bonchev–Trinajstić information content (AvgIpc) is 2.65. The van der Waals surface area contributed by atoms with Gasteiger partial charge in [0.05, 0.1) is 0 Å². The van der Waals surface area contributed by atoms with E-state index in [4.69, 9.17) is 0 Å². The Hall–Kier alpha value is -2.43. The van der Waals surface area contributed by atoms with Gasteiger partial charge in [0.2, 0.25) is 0 Å². The van der Waals surface area contributed by atoms with Crippen LogP contribution < -0.4 is 4.90 Å². The maximum atomic E-state index is 13.0. The summed E-state index contributed by atoms with van der Waals surface area (Å²) in [6, 6.07) is 11.9. The lowest BCUT2D eigenvalue weighted by Gasteiger charge is -2.24. The molecule has 26 heavy (non-hydrogen) atoms. The summed E-state index contributed by atoms with van der Waals surface area (Å²) in [4.78, 5) is 26.1. The molecule has 0 aliphatic carbocycles. The van der Waals surface area contributed by atoms with E-state index in [1.165, 1.54) is 0 Å². The zero-order chi connectivity index (χ0) is 18.9. The van der Waals surface area contributed by atoms with Crippen molar-refractivity contribution in [2.24, 2.45) is 0 Å². The smallest absolute Gasteiger partial charge is 0.272 e. The van der Waals surface area contributed by atoms with Crippen LogP contribution in [-0.4, -0.2) is 40.4 Å². The van der Waals surface area contributed by atoms with E-state index in [0.717, 1.165) is 37.3 Å². The summed E-state index contributed by atoms with van der Waals surface area (Å²) in [6.45, 7) is 11.2. The molecule has 5 nitrogen and oxygen atoms in total. The number of rotatable bonds is 9. The van der Waals surface area contributed by atoms with Crippen LogP contribution in [-0.2, 0) is 6.54 Å². The summed E-state index contributed by atoms with van der Waals surface area (Å²) in [5, 5.41) is 0. The lowest BCUT2D eigenvalue weighted by molar-refractivity contribution is 0.0746. The molecule has 0 spiro atoms. The molecule has 0 saturated carbocycles. The van der Waals surface area contributed by atoms with Gasteiger partial charge in [0.25, 0.3) is 5.91 Å². The largest absolute Gasteiger partial charge is 0.357 e. The first-order valence-electron chi connectivity index (χ1n) is 9.52. The topological polar surface area (TPSA) is 49.3 Å². The van der Waals surface area contributed by atoms with Crippen LogP contribution in [0.25, 0.3) is 0 Å². The van der Waals surface area contributed by atoms with E-state index in [1.54, 1.807) is 0 Å². The molecule has 0 aliphatic rings. The Balaban J connectivity index is 2.26. The highest BCUT2D eigenvalue weighted by Gasteiger charge is 2.19. The molecule has 0 aliphatic heterocycles. The molecule has 0 fully saturated rings. The minimum atomic E-state index is -0.0453. The number of aromatic nitrogens is 2. The maximum absolute atomic E-state index is 13.0. The minimum Gasteiger partial charge on any atom is -0.357 e. The lowest BCUT2D eigenvalue weighted by Crippen LogP contribution is -2.32. The van der Waals surface area contributed by atoms with Gasteiger partial charge < -0.3 is 9.80 Å². The minimum absolute atomic E-state index is 0.0453. The molecule has 1 heterocycles. The highest BCUT2D eigenvalue weighted by molar-refractivity contribution is 5.93. The molecule has 0 radical (unpaired) electrons. The second-order valence-corrected chi connectivity index (χ2v) is 6.45. The number of amides is 1. The average molecular weight is 354 g/mol. The molecular formula is C21H30N4O. The summed E-state index contributed by atoms with van der Waals surface area (Å²) < 4.78 is 0. The van der Waals surface area contributed by atoms with Gasteiger partial charge >= 0.3 is 0 Å². The van der Waals surface area contributed by atoms with Crippen LogP contribution in [0.2, 0.25) is 0 Å². The number of nitrogens with zero attached hydrogens (tertiary/aromatic N) is 4. The molecule has 0 N–H and O–H groups in total. The van der Waals surface area contributed by atoms with Crippen LogP contribution in [0, 0.1) is 6.92 Å². The fourth-order valence-corrected chi connectivity index (χ4v) is 3.00. The number of anilines is 1. The van der Waals surface area contributed by atoms with Gasteiger partial charge in [0.15, 0.2) is 0 Å². The summed E-state index contributed by atoms with van der Waals surface area (Å²) in [6.07, 6.45) is 2.09. The van der Waals surface area contributed by atoms with Gasteiger partial charge in [0.1, 0.15) is 17.3 Å². The second kappa shape index (κ2) is 9.90. The van der Waals surface area contributed by atoms with Gasteiger partial charge in [-0.05, 0) is 32.3 Å². The Kier molecular flexibility index (Phi) is 7.57. The number of carbonyl (C=O) groups is 1. The number of hydrogen-bond acceptors (Lipinski definition) is 4. The van der Waals surface area contributed by atoms with Crippen molar-refractivity contribution in [1.29, 1.82) is 0 Å². The highest BCUT2D eigenvalue weighted by Crippen LogP contribution is 2.16. The summed E-state index contributed by atoms with van der Waals surface area (Å²) in [7, 11) is 0. The van der Waals surface area contributed by atoms with Crippen molar-refractivity contribution in [3.63, 3.8) is 0 Å². The predicted molar refractivity (Wildman–Crippen MR) is 106 cm³/mol. The first-order chi connectivity index (χ1) is 12.6. The molecular weight excluding hydrogens is 324 g/mol. The molecule has 0 saturated heterocycles. The van der Waals surface area contributed by atoms with Crippen LogP contribution in [0.1, 0.15) is 55.5 Å². The molecule has 1 aromatic heterocycles. The number of benzene rings is 1. The molecule has 0 unspecified atom stereocenters. The number of carbonyl (C=O) groups excluding carboxylic acids is 1. The fourth-order valence-electron chi connectivity index (χ4n) is 3.00. The van der Waals surface area contributed by atoms with Crippen molar-refractivity contribution in [2.75, 3.05) is 24.5 Å². The van der Waals surface area contributed by atoms with Crippen molar-refractivity contribution < 1.29 is 4.79 Å². The second-order valence-electron chi connectivity index (χ2n) is 6.45. The Bertz CT molecular complexity index is 696. The quantitative estimate of drug-likeness (QED) is 0.681. The van der Waals surface area contributed by atoms with Gasteiger partial charge in [-0.15, -0.1) is 0 Å². The van der Waals surface area contributed by atoms with Crippen molar-refractivity contribution >= 4 is 11.7 Å². The van der Waals surface area contributed by atoms with E-state index in [-0.39, 0.29) is 5.91 Å². The first kappa shape index (κ1) is 19.9. The van der Waals surface area contributed by atoms with Gasteiger partial charge in [0, 0.05) is 32.2 Å². The van der Waals surface area contributed by atoms with Crippen LogP contribution in [0.15, 0.2) is 36.4 Å². The van der Waals surface area contributed by atoms with Crippen LogP contribution in [0.3, 0.4) is 0 Å². The normalized spacial score (nSPS) is 10.6. The third-order valence-electron chi connectivity index (χ3n) is 4.24. The lowest BCUT2D eigenvalue weighted by atomic mass is 10.2. The predicted octanol–water partition coefficient (Wildman–Crippen LogP) is 4.07. The van der Waals surface area contributed by atoms with E-state index in [9.17, 15) is 4.79 Å². The van der Waals surface area contributed by atoms with E-state index < -0.39 is 0 Å². The van der Waals surface area contributed by atoms with Gasteiger partial charge in [-0.2, -0.15) is 0 Å². The molecule has 2 aromatic rings. The monoisotopic (exact) mass is 354 g/mol. The molecule has 0 atom stereocenters. The molecule has 1 amide bonds. The molecule has 5 heteroatoms. The first-order valence-corrected chi connectivity index (χ1v) is 9.52. The van der Waals surface area contributed by atoms with Crippen molar-refractivity contribution in [3.05, 3.63) is 53.5 Å². The standard InChI is InChI=1S/C21H30N4O/c1-5-13-25(14-6-2)20-15-19(22-17(4)23-20)21(26)24(7-3)16-18-11-9-8-10-12-18/h8-12,15H,5-7,13-14,16H2,1-4H3. The third kappa shape index (κ3) is 5.28. The number of hydrogen-bond donors (Lipinski definition) is 0. The summed E-state index contributed by atoms with van der Waals surface area (Å²) in [5.74, 6) is 1.44. The van der Waals surface area contributed by atoms with Crippen LogP contribution >= 0.6 is 0 Å². The maximum Gasteiger partial charge on any atom is 0.272 e. The van der Waals surface area contributed by atoms with Gasteiger partial charge in [-0.1, -0.05) is 44.2 Å². The fraction of sp³-hybridized carbons (Fsp3) is 0.476. The van der Waals surface area contributed by atoms with Crippen LogP contribution in [0.5, 0.6) is 0 Å². The SMILES string of the molecule is CCCN(CCC)c1cc(C(=O)N(CC)Cc2ccccc2)nc(C)n1. The zero-order valence-electron chi connectivity index (χ0n) is 16.4. The molecule has 140 valence electrons. The Morgan fingerprint density at radius 3 is 2.23 bits per heavy atom. The Morgan fingerprint density at radius 2 is 1.65 bits per heavy atom. The van der Waals surface area contributed by atoms with Crippen molar-refractivity contribution in [3.8, 4) is 0 Å². The third-order valence-corrected chi connectivity index (χ3v) is 4.24. The zero-order valence-corrected chi connectivity index (χ0v) is 16.4. The van der Waals surface area contributed by atoms with Gasteiger partial charge in [-0.3, -0.25) is 4.79 Å². The van der Waals surface area contributed by atoms with Crippen molar-refractivity contribution in [1.82, 2.24) is 14.9 Å². The summed E-state index contributed by atoms with van der Waals surface area (Å²) in [5.41, 5.74) is 1.59. The summed E-state index contributed by atoms with van der Waals surface area (Å²) >= 11 is 0. The van der Waals surface area contributed by atoms with E-state index in [2.05, 4.69) is 28.7 Å². The van der Waals surface area contributed by atoms with Crippen molar-refractivity contribution in [2.45, 2.75) is 47.1 Å². The van der Waals surface area contributed by atoms with Gasteiger partial charge in [-0.25, -0.2) is 9.97 Å². The van der Waals surface area contributed by atoms with E-state index in [1.807, 2.05) is 55.1 Å². The van der Waals surface area contributed by atoms with E-state index in [0.29, 0.717) is 24.6 Å². The Labute approximate surface area is 157 Å². The number of aryl methyl sites for hydroxylation is 1. The van der Waals surface area contributed by atoms with Crippen LogP contribution in [0.4, 0.5) is 5.82 Å². The Morgan fingerprint density at radius 1 is 1.00 bits per heavy atom. The highest BCUT2D eigenvalue weighted by atomic mass is 16.2.